The van der Waals surface area contributed by atoms with E-state index in [0.29, 0.717) is 12.2 Å². The minimum atomic E-state index is -3.17. The Morgan fingerprint density at radius 3 is 2.54 bits per heavy atom. The molecular weight excluding hydrogens is 510 g/mol. The van der Waals surface area contributed by atoms with Crippen molar-refractivity contribution in [1.29, 1.82) is 0 Å². The van der Waals surface area contributed by atoms with Crippen molar-refractivity contribution in [3.8, 4) is 11.4 Å². The van der Waals surface area contributed by atoms with Gasteiger partial charge < -0.3 is 5.32 Å². The van der Waals surface area contributed by atoms with E-state index in [2.05, 4.69) is 43.4 Å². The lowest BCUT2D eigenvalue weighted by Crippen LogP contribution is -2.41. The van der Waals surface area contributed by atoms with Gasteiger partial charge in [0.25, 0.3) is 0 Å². The highest BCUT2D eigenvalue weighted by atomic mass is 32.2. The van der Waals surface area contributed by atoms with Gasteiger partial charge in [0.15, 0.2) is 5.82 Å². The highest BCUT2D eigenvalue weighted by Crippen LogP contribution is 2.31. The number of sulfonamides is 1. The Bertz CT molecular complexity index is 1430. The summed E-state index contributed by atoms with van der Waals surface area (Å²) in [6, 6.07) is 8.38. The number of aliphatic imine (C=N–C) groups is 1. The summed E-state index contributed by atoms with van der Waals surface area (Å²) in [7, 11) is -3.17. The summed E-state index contributed by atoms with van der Waals surface area (Å²) in [5.74, 6) is 1.38. The Morgan fingerprint density at radius 2 is 1.87 bits per heavy atom. The van der Waals surface area contributed by atoms with Crippen molar-refractivity contribution in [2.45, 2.75) is 83.1 Å². The second-order valence-electron chi connectivity index (χ2n) is 10.5. The SMILES string of the molecule is C/C=C(\C=NCC)c1cccc(-c2ncc(C3=NN=C(C)C3)c(NC3CCC(NS(=O)(=O)C4CC4)CC3)n2)c1. The van der Waals surface area contributed by atoms with E-state index in [1.165, 1.54) is 0 Å². The maximum atomic E-state index is 12.4. The van der Waals surface area contributed by atoms with Gasteiger partial charge in [-0.1, -0.05) is 24.3 Å². The Morgan fingerprint density at radius 1 is 1.10 bits per heavy atom. The highest BCUT2D eigenvalue weighted by Gasteiger charge is 2.37. The topological polar surface area (TPSA) is 121 Å². The van der Waals surface area contributed by atoms with Gasteiger partial charge >= 0.3 is 0 Å². The van der Waals surface area contributed by atoms with Gasteiger partial charge in [-0.15, -0.1) is 0 Å². The monoisotopic (exact) mass is 547 g/mol. The third-order valence-electron chi connectivity index (χ3n) is 7.40. The predicted octanol–water partition coefficient (Wildman–Crippen LogP) is 5.01. The van der Waals surface area contributed by atoms with Crippen LogP contribution in [-0.4, -0.2) is 59.9 Å². The fraction of sp³-hybridized carbons (Fsp3) is 0.483. The summed E-state index contributed by atoms with van der Waals surface area (Å²) >= 11 is 0. The quantitative estimate of drug-likeness (QED) is 0.405. The Balaban J connectivity index is 1.36. The first-order valence-corrected chi connectivity index (χ1v) is 15.4. The van der Waals surface area contributed by atoms with Gasteiger partial charge in [-0.05, 0) is 76.5 Å². The lowest BCUT2D eigenvalue weighted by atomic mass is 9.91. The second-order valence-corrected chi connectivity index (χ2v) is 12.5. The number of allylic oxidation sites excluding steroid dienone is 2. The average molecular weight is 548 g/mol. The number of anilines is 1. The van der Waals surface area contributed by atoms with Crippen LogP contribution in [0, 0.1) is 0 Å². The Hall–Kier alpha value is -3.24. The van der Waals surface area contributed by atoms with Crippen LogP contribution in [0.4, 0.5) is 5.82 Å². The molecule has 0 radical (unpaired) electrons. The van der Waals surface area contributed by atoms with E-state index in [4.69, 9.17) is 9.97 Å². The molecule has 1 aromatic carbocycles. The molecule has 3 aliphatic rings. The van der Waals surface area contributed by atoms with Crippen LogP contribution >= 0.6 is 0 Å². The third kappa shape index (κ3) is 6.67. The van der Waals surface area contributed by atoms with Gasteiger partial charge in [-0.25, -0.2) is 23.1 Å². The zero-order valence-electron chi connectivity index (χ0n) is 22.9. The molecule has 0 amide bonds. The number of aromatic nitrogens is 2. The molecule has 0 saturated heterocycles. The number of rotatable bonds is 10. The highest BCUT2D eigenvalue weighted by molar-refractivity contribution is 7.90. The van der Waals surface area contributed by atoms with Gasteiger partial charge in [0.1, 0.15) is 5.82 Å². The summed E-state index contributed by atoms with van der Waals surface area (Å²) in [4.78, 5) is 14.1. The van der Waals surface area contributed by atoms with Gasteiger partial charge in [-0.2, -0.15) is 10.2 Å². The van der Waals surface area contributed by atoms with Crippen LogP contribution in [0.1, 0.15) is 76.8 Å². The van der Waals surface area contributed by atoms with Crippen molar-refractivity contribution in [3.05, 3.63) is 47.7 Å². The Labute approximate surface area is 231 Å². The molecule has 0 unspecified atom stereocenters. The summed E-state index contributed by atoms with van der Waals surface area (Å²) < 4.78 is 27.7. The number of nitrogens with zero attached hydrogens (tertiary/aromatic N) is 5. The van der Waals surface area contributed by atoms with Crippen molar-refractivity contribution in [3.63, 3.8) is 0 Å². The maximum absolute atomic E-state index is 12.4. The molecular formula is C29H37N7O2S. The van der Waals surface area contributed by atoms with Gasteiger partial charge in [0.2, 0.25) is 10.0 Å². The van der Waals surface area contributed by atoms with E-state index in [1.54, 1.807) is 0 Å². The molecule has 2 N–H and O–H groups in total. The van der Waals surface area contributed by atoms with Crippen LogP contribution in [-0.2, 0) is 10.0 Å². The maximum Gasteiger partial charge on any atom is 0.214 e. The number of benzene rings is 1. The van der Waals surface area contributed by atoms with Crippen LogP contribution in [0.25, 0.3) is 17.0 Å². The molecule has 206 valence electrons. The minimum Gasteiger partial charge on any atom is -0.367 e. The van der Waals surface area contributed by atoms with E-state index in [1.807, 2.05) is 45.3 Å². The summed E-state index contributed by atoms with van der Waals surface area (Å²) in [5, 5.41) is 12.1. The second kappa shape index (κ2) is 11.9. The van der Waals surface area contributed by atoms with Gasteiger partial charge in [0, 0.05) is 48.7 Å². The van der Waals surface area contributed by atoms with Crippen LogP contribution in [0.2, 0.25) is 0 Å². The molecule has 10 heteroatoms. The first-order valence-electron chi connectivity index (χ1n) is 13.9. The zero-order chi connectivity index (χ0) is 27.4. The number of hydrogen-bond acceptors (Lipinski definition) is 8. The van der Waals surface area contributed by atoms with Crippen LogP contribution < -0.4 is 10.0 Å². The lowest BCUT2D eigenvalue weighted by molar-refractivity contribution is 0.386. The third-order valence-corrected chi connectivity index (χ3v) is 9.42. The lowest BCUT2D eigenvalue weighted by Gasteiger charge is -2.30. The van der Waals surface area contributed by atoms with Crippen molar-refractivity contribution < 1.29 is 8.42 Å². The van der Waals surface area contributed by atoms with E-state index >= 15 is 0 Å². The molecule has 0 atom stereocenters. The average Bonchev–Trinajstić information content (AvgIpc) is 3.72. The van der Waals surface area contributed by atoms with E-state index < -0.39 is 10.0 Å². The van der Waals surface area contributed by atoms with Crippen LogP contribution in [0.3, 0.4) is 0 Å². The van der Waals surface area contributed by atoms with E-state index in [9.17, 15) is 8.42 Å². The largest absolute Gasteiger partial charge is 0.367 e. The van der Waals surface area contributed by atoms with Crippen LogP contribution in [0.15, 0.2) is 51.7 Å². The molecule has 2 saturated carbocycles. The van der Waals surface area contributed by atoms with Crippen molar-refractivity contribution >= 4 is 39.1 Å². The van der Waals surface area contributed by atoms with Gasteiger partial charge in [-0.3, -0.25) is 4.99 Å². The standard InChI is InChI=1S/C29H37N7O2S/c1-4-20(17-30-5-2)21-7-6-8-22(16-21)28-31-18-26(27-15-19(3)34-35-27)29(33-28)32-23-9-11-24(12-10-23)36-39(37,38)25-13-14-25/h4,6-8,16-18,23-25,36H,5,9-15H2,1-3H3,(H,31,32,33)/b20-4+,30-17?. The fourth-order valence-electron chi connectivity index (χ4n) is 5.05. The first kappa shape index (κ1) is 27.3. The first-order chi connectivity index (χ1) is 18.9. The van der Waals surface area contributed by atoms with Crippen molar-refractivity contribution in [1.82, 2.24) is 14.7 Å². The smallest absolute Gasteiger partial charge is 0.214 e. The molecule has 0 spiro atoms. The van der Waals surface area contributed by atoms with Crippen molar-refractivity contribution in [2.24, 2.45) is 15.2 Å². The molecule has 5 rings (SSSR count). The number of nitrogens with one attached hydrogen (secondary N) is 2. The molecule has 2 aliphatic carbocycles. The molecule has 2 heterocycles. The van der Waals surface area contributed by atoms with Gasteiger partial charge in [0.05, 0.1) is 16.5 Å². The summed E-state index contributed by atoms with van der Waals surface area (Å²) in [6.45, 7) is 6.73. The van der Waals surface area contributed by atoms with Crippen LogP contribution in [0.5, 0.6) is 0 Å². The molecule has 1 aromatic heterocycles. The molecule has 9 nitrogen and oxygen atoms in total. The minimum absolute atomic E-state index is 0.00383. The molecule has 0 bridgehead atoms. The zero-order valence-corrected chi connectivity index (χ0v) is 23.7. The molecule has 39 heavy (non-hydrogen) atoms. The predicted molar refractivity (Wildman–Crippen MR) is 159 cm³/mol. The molecule has 1 aliphatic heterocycles. The fourth-order valence-corrected chi connectivity index (χ4v) is 6.70. The summed E-state index contributed by atoms with van der Waals surface area (Å²) in [5.41, 5.74) is 5.71. The van der Waals surface area contributed by atoms with E-state index in [-0.39, 0.29) is 17.3 Å². The normalized spacial score (nSPS) is 22.2. The summed E-state index contributed by atoms with van der Waals surface area (Å²) in [6.07, 6.45) is 11.3. The van der Waals surface area contributed by atoms with Crippen molar-refractivity contribution in [2.75, 3.05) is 11.9 Å². The Kier molecular flexibility index (Phi) is 8.32. The number of hydrogen-bond donors (Lipinski definition) is 2. The van der Waals surface area contributed by atoms with E-state index in [0.717, 1.165) is 84.6 Å². The molecule has 2 fully saturated rings. The molecule has 2 aromatic rings.